The van der Waals surface area contributed by atoms with E-state index in [0.29, 0.717) is 0 Å². The van der Waals surface area contributed by atoms with Gasteiger partial charge in [0.15, 0.2) is 5.75 Å². The summed E-state index contributed by atoms with van der Waals surface area (Å²) < 4.78 is 4.91. The van der Waals surface area contributed by atoms with Crippen molar-refractivity contribution in [2.24, 2.45) is 0 Å². The van der Waals surface area contributed by atoms with Crippen molar-refractivity contribution in [3.8, 4) is 17.5 Å². The molecule has 0 fully saturated rings. The Morgan fingerprint density at radius 1 is 1.18 bits per heavy atom. The van der Waals surface area contributed by atoms with Gasteiger partial charge in [-0.05, 0) is 0 Å². The Kier molecular flexibility index (Phi) is 2.49. The number of rotatable bonds is 2. The van der Waals surface area contributed by atoms with E-state index in [1.54, 1.807) is 0 Å². The van der Waals surface area contributed by atoms with Crippen molar-refractivity contribution < 1.29 is 9.84 Å². The van der Waals surface area contributed by atoms with Crippen molar-refractivity contribution in [2.75, 3.05) is 0 Å². The van der Waals surface area contributed by atoms with Gasteiger partial charge in [-0.1, -0.05) is 0 Å². The molecule has 0 aliphatic heterocycles. The maximum absolute atomic E-state index is 11.2. The highest BCUT2D eigenvalue weighted by Gasteiger charge is 2.06. The number of aromatic hydroxyl groups is 1. The van der Waals surface area contributed by atoms with Crippen LogP contribution in [0.15, 0.2) is 26.8 Å². The molecular weight excluding hydrogens is 232 g/mol. The Bertz CT molecular complexity index is 713. The first-order valence-electron chi connectivity index (χ1n) is 4.34. The fraction of sp³-hybridized carbons (Fsp3) is 0. The third-order valence-electron chi connectivity index (χ3n) is 1.75. The zero-order chi connectivity index (χ0) is 12.4. The number of ether oxygens (including phenoxy) is 1. The molecule has 2 rings (SSSR count). The Labute approximate surface area is 91.8 Å². The average molecular weight is 238 g/mol. The van der Waals surface area contributed by atoms with E-state index in [9.17, 15) is 14.4 Å². The molecule has 9 heteroatoms. The lowest BCUT2D eigenvalue weighted by Crippen LogP contribution is -2.22. The normalized spacial score (nSPS) is 10.1. The summed E-state index contributed by atoms with van der Waals surface area (Å²) in [5.74, 6) is -0.828. The molecule has 0 aliphatic carbocycles. The molecule has 0 amide bonds. The maximum atomic E-state index is 11.2. The van der Waals surface area contributed by atoms with Gasteiger partial charge in [0.2, 0.25) is 5.75 Å². The number of nitrogens with one attached hydrogen (secondary N) is 3. The van der Waals surface area contributed by atoms with Gasteiger partial charge in [-0.15, -0.1) is 0 Å². The third kappa shape index (κ3) is 2.22. The predicted molar refractivity (Wildman–Crippen MR) is 54.3 cm³/mol. The Morgan fingerprint density at radius 2 is 1.94 bits per heavy atom. The minimum absolute atomic E-state index is 0.251. The smallest absolute Gasteiger partial charge is 0.325 e. The molecular formula is C8H6N4O5. The lowest BCUT2D eigenvalue weighted by Gasteiger charge is -2.01. The topological polar surface area (TPSA) is 141 Å². The van der Waals surface area contributed by atoms with E-state index in [4.69, 9.17) is 9.84 Å². The lowest BCUT2D eigenvalue weighted by molar-refractivity contribution is 0.415. The molecule has 0 bridgehead atoms. The second kappa shape index (κ2) is 3.96. The van der Waals surface area contributed by atoms with Crippen molar-refractivity contribution >= 4 is 0 Å². The summed E-state index contributed by atoms with van der Waals surface area (Å²) in [4.78, 5) is 42.7. The van der Waals surface area contributed by atoms with Crippen molar-refractivity contribution in [1.29, 1.82) is 0 Å². The summed E-state index contributed by atoms with van der Waals surface area (Å²) in [6, 6.07) is -0.287. The van der Waals surface area contributed by atoms with Gasteiger partial charge in [0.05, 0.1) is 12.4 Å². The summed E-state index contributed by atoms with van der Waals surface area (Å²) >= 11 is 0. The largest absolute Gasteiger partial charge is 0.502 e. The van der Waals surface area contributed by atoms with Gasteiger partial charge >= 0.3 is 11.7 Å². The van der Waals surface area contributed by atoms with Crippen molar-refractivity contribution in [3.63, 3.8) is 0 Å². The second-order valence-corrected chi connectivity index (χ2v) is 2.94. The molecule has 17 heavy (non-hydrogen) atoms. The van der Waals surface area contributed by atoms with Gasteiger partial charge in [0.1, 0.15) is 0 Å². The van der Waals surface area contributed by atoms with E-state index in [1.807, 2.05) is 4.98 Å². The van der Waals surface area contributed by atoms with E-state index >= 15 is 0 Å². The Balaban J connectivity index is 2.38. The minimum Gasteiger partial charge on any atom is -0.502 e. The molecule has 2 heterocycles. The third-order valence-corrected chi connectivity index (χ3v) is 1.75. The molecule has 0 aliphatic rings. The zero-order valence-electron chi connectivity index (χ0n) is 8.18. The SMILES string of the molecule is O=c1[nH]cc(Oc2ncc(O)c(=O)[nH]2)c(=O)[nH]1. The maximum Gasteiger partial charge on any atom is 0.325 e. The molecule has 2 aromatic rings. The molecule has 0 radical (unpaired) electrons. The molecule has 0 atom stereocenters. The van der Waals surface area contributed by atoms with E-state index in [1.165, 1.54) is 0 Å². The monoisotopic (exact) mass is 238 g/mol. The van der Waals surface area contributed by atoms with Crippen LogP contribution in [-0.2, 0) is 0 Å². The summed E-state index contributed by atoms with van der Waals surface area (Å²) in [7, 11) is 0. The van der Waals surface area contributed by atoms with Crippen molar-refractivity contribution in [2.45, 2.75) is 0 Å². The van der Waals surface area contributed by atoms with Crippen LogP contribution in [0.2, 0.25) is 0 Å². The standard InChI is InChI=1S/C8H6N4O5/c13-3-1-10-8(12-5(3)14)17-4-2-9-7(16)11-6(4)15/h1-2,13H,(H,10,12,14)(H2,9,11,15,16). The summed E-state index contributed by atoms with van der Waals surface area (Å²) in [5, 5.41) is 8.92. The Morgan fingerprint density at radius 3 is 2.59 bits per heavy atom. The molecule has 0 spiro atoms. The zero-order valence-corrected chi connectivity index (χ0v) is 8.18. The van der Waals surface area contributed by atoms with Crippen LogP contribution >= 0.6 is 0 Å². The number of aromatic nitrogens is 4. The molecule has 0 saturated heterocycles. The van der Waals surface area contributed by atoms with E-state index < -0.39 is 22.6 Å². The molecule has 88 valence electrons. The number of H-pyrrole nitrogens is 3. The van der Waals surface area contributed by atoms with Crippen molar-refractivity contribution in [3.05, 3.63) is 43.6 Å². The molecule has 2 aromatic heterocycles. The molecule has 9 nitrogen and oxygen atoms in total. The number of hydrogen-bond acceptors (Lipinski definition) is 6. The van der Waals surface area contributed by atoms with Crippen LogP contribution in [0.1, 0.15) is 0 Å². The molecule has 0 aromatic carbocycles. The van der Waals surface area contributed by atoms with E-state index in [-0.39, 0.29) is 11.8 Å². The highest BCUT2D eigenvalue weighted by molar-refractivity contribution is 5.18. The van der Waals surface area contributed by atoms with Crippen LogP contribution in [0, 0.1) is 0 Å². The van der Waals surface area contributed by atoms with E-state index in [2.05, 4.69) is 15.0 Å². The van der Waals surface area contributed by atoms with Crippen LogP contribution < -0.4 is 21.5 Å². The van der Waals surface area contributed by atoms with Gasteiger partial charge < -0.3 is 14.8 Å². The quantitative estimate of drug-likeness (QED) is 0.509. The van der Waals surface area contributed by atoms with Gasteiger partial charge in [-0.25, -0.2) is 9.78 Å². The average Bonchev–Trinajstić information content (AvgIpc) is 2.27. The van der Waals surface area contributed by atoms with Crippen LogP contribution in [-0.4, -0.2) is 25.0 Å². The number of aromatic amines is 3. The number of hydrogen-bond donors (Lipinski definition) is 4. The first-order chi connectivity index (χ1) is 8.06. The number of nitrogens with zero attached hydrogens (tertiary/aromatic N) is 1. The minimum atomic E-state index is -0.809. The van der Waals surface area contributed by atoms with Crippen LogP contribution in [0.4, 0.5) is 0 Å². The Hall–Kier alpha value is -2.84. The van der Waals surface area contributed by atoms with Crippen LogP contribution in [0.5, 0.6) is 17.5 Å². The highest BCUT2D eigenvalue weighted by Crippen LogP contribution is 2.09. The summed E-state index contributed by atoms with van der Waals surface area (Å²) in [6.07, 6.45) is 1.89. The van der Waals surface area contributed by atoms with Crippen LogP contribution in [0.25, 0.3) is 0 Å². The van der Waals surface area contributed by atoms with Gasteiger partial charge in [-0.3, -0.25) is 19.6 Å². The highest BCUT2D eigenvalue weighted by atomic mass is 16.5. The summed E-state index contributed by atoms with van der Waals surface area (Å²) in [6.45, 7) is 0. The van der Waals surface area contributed by atoms with Gasteiger partial charge in [0.25, 0.3) is 11.1 Å². The van der Waals surface area contributed by atoms with Gasteiger partial charge in [-0.2, -0.15) is 0 Å². The van der Waals surface area contributed by atoms with E-state index in [0.717, 1.165) is 12.4 Å². The molecule has 4 N–H and O–H groups in total. The fourth-order valence-corrected chi connectivity index (χ4v) is 1.00. The van der Waals surface area contributed by atoms with Gasteiger partial charge in [0, 0.05) is 0 Å². The second-order valence-electron chi connectivity index (χ2n) is 2.94. The summed E-state index contributed by atoms with van der Waals surface area (Å²) in [5.41, 5.74) is -2.27. The first kappa shape index (κ1) is 10.7. The van der Waals surface area contributed by atoms with Crippen LogP contribution in [0.3, 0.4) is 0 Å². The molecule has 0 unspecified atom stereocenters. The lowest BCUT2D eigenvalue weighted by atomic mass is 10.6. The van der Waals surface area contributed by atoms with Crippen molar-refractivity contribution in [1.82, 2.24) is 19.9 Å². The molecule has 0 saturated carbocycles. The first-order valence-corrected chi connectivity index (χ1v) is 4.34. The fourth-order valence-electron chi connectivity index (χ4n) is 1.00. The predicted octanol–water partition coefficient (Wildman–Crippen LogP) is -1.36.